The molecular formula is C29H30N2O6. The summed E-state index contributed by atoms with van der Waals surface area (Å²) in [6, 6.07) is 15.8. The van der Waals surface area contributed by atoms with Crippen LogP contribution in [0, 0.1) is 6.92 Å². The van der Waals surface area contributed by atoms with Crippen molar-refractivity contribution < 1.29 is 29.3 Å². The summed E-state index contributed by atoms with van der Waals surface area (Å²) in [5.74, 6) is -0.659. The maximum absolute atomic E-state index is 13.6. The average molecular weight is 503 g/mol. The third-order valence-electron chi connectivity index (χ3n) is 6.48. The lowest BCUT2D eigenvalue weighted by molar-refractivity contribution is -0.152. The van der Waals surface area contributed by atoms with E-state index in [1.165, 1.54) is 27.0 Å². The fourth-order valence-corrected chi connectivity index (χ4v) is 4.20. The van der Waals surface area contributed by atoms with Gasteiger partial charge in [-0.1, -0.05) is 31.2 Å². The number of aromatic hydroxyl groups is 1. The standard InChI is InChI=1S/C29H30N2O6/c1-6-18-7-9-19(10-8-18)26(33)25-17(2)31(27-22(25)13-14-24(30-27)36-5)16-20-11-12-21(15-23(20)32)37-29(3,4)28(34)35/h7-15,32H,6,16H2,1-5H3,(H,34,35). The van der Waals surface area contributed by atoms with Gasteiger partial charge in [-0.3, -0.25) is 4.79 Å². The molecule has 192 valence electrons. The Morgan fingerprint density at radius 3 is 2.35 bits per heavy atom. The van der Waals surface area contributed by atoms with E-state index in [0.29, 0.717) is 39.3 Å². The smallest absolute Gasteiger partial charge is 0.347 e. The van der Waals surface area contributed by atoms with Crippen molar-refractivity contribution in [1.82, 2.24) is 9.55 Å². The number of carbonyl (C=O) groups excluding carboxylic acids is 1. The van der Waals surface area contributed by atoms with E-state index in [0.717, 1.165) is 12.0 Å². The minimum atomic E-state index is -1.45. The molecule has 0 spiro atoms. The Labute approximate surface area is 215 Å². The molecule has 8 heteroatoms. The molecule has 0 bridgehead atoms. The van der Waals surface area contributed by atoms with Gasteiger partial charge in [0, 0.05) is 34.3 Å². The van der Waals surface area contributed by atoms with Gasteiger partial charge < -0.3 is 24.3 Å². The highest BCUT2D eigenvalue weighted by Crippen LogP contribution is 2.32. The molecule has 2 N–H and O–H groups in total. The third-order valence-corrected chi connectivity index (χ3v) is 6.48. The first-order valence-corrected chi connectivity index (χ1v) is 12.0. The maximum atomic E-state index is 13.6. The summed E-state index contributed by atoms with van der Waals surface area (Å²) in [5, 5.41) is 20.7. The topological polar surface area (TPSA) is 111 Å². The van der Waals surface area contributed by atoms with Crippen molar-refractivity contribution in [2.75, 3.05) is 7.11 Å². The quantitative estimate of drug-likeness (QED) is 0.305. The summed E-state index contributed by atoms with van der Waals surface area (Å²) in [6.45, 7) is 7.01. The lowest BCUT2D eigenvalue weighted by Crippen LogP contribution is -2.37. The van der Waals surface area contributed by atoms with Crippen LogP contribution in [0.25, 0.3) is 11.0 Å². The second-order valence-electron chi connectivity index (χ2n) is 9.36. The second kappa shape index (κ2) is 9.97. The molecule has 8 nitrogen and oxygen atoms in total. The number of pyridine rings is 1. The second-order valence-corrected chi connectivity index (χ2v) is 9.36. The molecular weight excluding hydrogens is 472 g/mol. The normalized spacial score (nSPS) is 11.5. The number of methoxy groups -OCH3 is 1. The number of carboxylic acids is 1. The van der Waals surface area contributed by atoms with Gasteiger partial charge >= 0.3 is 5.97 Å². The molecule has 4 aromatic rings. The van der Waals surface area contributed by atoms with Crippen molar-refractivity contribution in [3.05, 3.63) is 82.5 Å². The van der Waals surface area contributed by atoms with E-state index in [1.54, 1.807) is 18.2 Å². The van der Waals surface area contributed by atoms with Crippen molar-refractivity contribution >= 4 is 22.8 Å². The number of ether oxygens (including phenoxy) is 2. The summed E-state index contributed by atoms with van der Waals surface area (Å²) in [4.78, 5) is 29.6. The number of phenolic OH excluding ortho intramolecular Hbond substituents is 1. The van der Waals surface area contributed by atoms with Gasteiger partial charge in [0.05, 0.1) is 19.2 Å². The van der Waals surface area contributed by atoms with Gasteiger partial charge in [-0.15, -0.1) is 0 Å². The number of aliphatic carboxylic acids is 1. The number of phenols is 1. The fourth-order valence-electron chi connectivity index (χ4n) is 4.20. The molecule has 0 aliphatic carbocycles. The zero-order valence-electron chi connectivity index (χ0n) is 21.5. The van der Waals surface area contributed by atoms with Crippen molar-refractivity contribution in [2.24, 2.45) is 0 Å². The van der Waals surface area contributed by atoms with E-state index in [4.69, 9.17) is 9.47 Å². The number of aromatic nitrogens is 2. The van der Waals surface area contributed by atoms with Crippen molar-refractivity contribution in [3.8, 4) is 17.4 Å². The highest BCUT2D eigenvalue weighted by Gasteiger charge is 2.30. The number of benzene rings is 2. The van der Waals surface area contributed by atoms with Crippen LogP contribution in [0.4, 0.5) is 0 Å². The van der Waals surface area contributed by atoms with E-state index in [9.17, 15) is 19.8 Å². The van der Waals surface area contributed by atoms with Gasteiger partial charge in [-0.25, -0.2) is 4.79 Å². The summed E-state index contributed by atoms with van der Waals surface area (Å²) in [5.41, 5.74) is 2.63. The molecule has 0 aliphatic heterocycles. The molecule has 2 aromatic heterocycles. The van der Waals surface area contributed by atoms with E-state index in [1.807, 2.05) is 41.8 Å². The molecule has 0 radical (unpaired) electrons. The van der Waals surface area contributed by atoms with Crippen molar-refractivity contribution in [1.29, 1.82) is 0 Å². The lowest BCUT2D eigenvalue weighted by Gasteiger charge is -2.22. The summed E-state index contributed by atoms with van der Waals surface area (Å²) < 4.78 is 12.7. The average Bonchev–Trinajstić information content (AvgIpc) is 3.15. The number of ketones is 1. The van der Waals surface area contributed by atoms with Gasteiger partial charge in [0.25, 0.3) is 0 Å². The molecule has 0 atom stereocenters. The number of fused-ring (bicyclic) bond motifs is 1. The zero-order valence-corrected chi connectivity index (χ0v) is 21.5. The Kier molecular flexibility index (Phi) is 6.94. The largest absolute Gasteiger partial charge is 0.507 e. The minimum Gasteiger partial charge on any atom is -0.507 e. The number of hydrogen-bond donors (Lipinski definition) is 2. The van der Waals surface area contributed by atoms with E-state index < -0.39 is 11.6 Å². The molecule has 0 unspecified atom stereocenters. The lowest BCUT2D eigenvalue weighted by atomic mass is 9.99. The highest BCUT2D eigenvalue weighted by atomic mass is 16.5. The van der Waals surface area contributed by atoms with E-state index in [2.05, 4.69) is 11.9 Å². The van der Waals surface area contributed by atoms with Crippen LogP contribution in [0.2, 0.25) is 0 Å². The molecule has 2 heterocycles. The predicted molar refractivity (Wildman–Crippen MR) is 140 cm³/mol. The molecule has 4 rings (SSSR count). The molecule has 0 saturated carbocycles. The Morgan fingerprint density at radius 2 is 1.76 bits per heavy atom. The van der Waals surface area contributed by atoms with Crippen LogP contribution >= 0.6 is 0 Å². The number of carboxylic acid groups (broad SMARTS) is 1. The van der Waals surface area contributed by atoms with E-state index >= 15 is 0 Å². The van der Waals surface area contributed by atoms with Crippen LogP contribution in [0.5, 0.6) is 17.4 Å². The van der Waals surface area contributed by atoms with Gasteiger partial charge in [0.2, 0.25) is 5.88 Å². The summed E-state index contributed by atoms with van der Waals surface area (Å²) >= 11 is 0. The number of hydrogen-bond acceptors (Lipinski definition) is 6. The van der Waals surface area contributed by atoms with Gasteiger partial charge in [-0.2, -0.15) is 4.98 Å². The third kappa shape index (κ3) is 5.00. The predicted octanol–water partition coefficient (Wildman–Crippen LogP) is 5.14. The highest BCUT2D eigenvalue weighted by molar-refractivity contribution is 6.17. The van der Waals surface area contributed by atoms with Gasteiger partial charge in [0.1, 0.15) is 17.1 Å². The van der Waals surface area contributed by atoms with Gasteiger partial charge in [0.15, 0.2) is 11.4 Å². The number of rotatable bonds is 9. The fraction of sp³-hybridized carbons (Fsp3) is 0.276. The van der Waals surface area contributed by atoms with Crippen LogP contribution < -0.4 is 9.47 Å². The Morgan fingerprint density at radius 1 is 1.05 bits per heavy atom. The Hall–Kier alpha value is -4.33. The Balaban J connectivity index is 1.76. The zero-order chi connectivity index (χ0) is 26.9. The molecule has 0 fully saturated rings. The first kappa shape index (κ1) is 25.8. The first-order valence-electron chi connectivity index (χ1n) is 12.0. The number of nitrogens with zero attached hydrogens (tertiary/aromatic N) is 2. The SMILES string of the molecule is CCc1ccc(C(=O)c2c(C)n(Cc3ccc(OC(C)(C)C(=O)O)cc3O)c3nc(OC)ccc23)cc1. The number of carbonyl (C=O) groups is 2. The van der Waals surface area contributed by atoms with Crippen LogP contribution in [0.15, 0.2) is 54.6 Å². The summed E-state index contributed by atoms with van der Waals surface area (Å²) in [6.07, 6.45) is 0.887. The van der Waals surface area contributed by atoms with Crippen LogP contribution in [0.1, 0.15) is 53.5 Å². The van der Waals surface area contributed by atoms with Crippen LogP contribution in [-0.4, -0.2) is 44.2 Å². The molecule has 0 saturated heterocycles. The van der Waals surface area contributed by atoms with Crippen LogP contribution in [-0.2, 0) is 17.8 Å². The molecule has 37 heavy (non-hydrogen) atoms. The first-order chi connectivity index (χ1) is 17.6. The monoisotopic (exact) mass is 502 g/mol. The maximum Gasteiger partial charge on any atom is 0.347 e. The minimum absolute atomic E-state index is 0.0640. The van der Waals surface area contributed by atoms with Gasteiger partial charge in [-0.05, 0) is 51.0 Å². The molecule has 2 aromatic carbocycles. The van der Waals surface area contributed by atoms with Crippen LogP contribution in [0.3, 0.4) is 0 Å². The van der Waals surface area contributed by atoms with Crippen molar-refractivity contribution in [3.63, 3.8) is 0 Å². The van der Waals surface area contributed by atoms with E-state index in [-0.39, 0.29) is 23.8 Å². The molecule has 0 amide bonds. The number of aryl methyl sites for hydroxylation is 1. The summed E-state index contributed by atoms with van der Waals surface area (Å²) in [7, 11) is 1.53. The Bertz CT molecular complexity index is 1480. The van der Waals surface area contributed by atoms with Crippen molar-refractivity contribution in [2.45, 2.75) is 46.3 Å². The molecule has 0 aliphatic rings.